The van der Waals surface area contributed by atoms with Crippen molar-refractivity contribution >= 4 is 27.5 Å². The van der Waals surface area contributed by atoms with E-state index in [4.69, 9.17) is 16.7 Å². The zero-order valence-electron chi connectivity index (χ0n) is 6.98. The molecule has 0 unspecified atom stereocenters. The van der Waals surface area contributed by atoms with Crippen LogP contribution in [-0.4, -0.2) is 10.1 Å². The molecule has 0 bridgehead atoms. The SMILES string of the molecule is OCc1cc(CCl)c(C(F)F)c(Br)n1. The molecule has 2 nitrogen and oxygen atoms in total. The predicted octanol–water partition coefficient (Wildman–Crippen LogP) is 3.01. The van der Waals surface area contributed by atoms with E-state index >= 15 is 0 Å². The van der Waals surface area contributed by atoms with E-state index in [-0.39, 0.29) is 28.2 Å². The molecule has 1 aromatic rings. The molecular formula is C8H7BrClF2NO. The summed E-state index contributed by atoms with van der Waals surface area (Å²) in [6.45, 7) is -0.300. The first-order valence-corrected chi connectivity index (χ1v) is 5.06. The minimum absolute atomic E-state index is 0.0339. The first-order chi connectivity index (χ1) is 6.60. The Morgan fingerprint density at radius 2 is 2.21 bits per heavy atom. The van der Waals surface area contributed by atoms with E-state index in [9.17, 15) is 8.78 Å². The average molecular weight is 287 g/mol. The molecule has 0 aliphatic rings. The Morgan fingerprint density at radius 1 is 1.57 bits per heavy atom. The molecule has 0 saturated heterocycles. The van der Waals surface area contributed by atoms with Crippen LogP contribution in [0.1, 0.15) is 23.2 Å². The van der Waals surface area contributed by atoms with Crippen LogP contribution < -0.4 is 0 Å². The van der Waals surface area contributed by atoms with E-state index in [0.29, 0.717) is 5.69 Å². The Labute approximate surface area is 93.0 Å². The summed E-state index contributed by atoms with van der Waals surface area (Å²) in [4.78, 5) is 3.75. The van der Waals surface area contributed by atoms with Gasteiger partial charge in [0, 0.05) is 5.88 Å². The van der Waals surface area contributed by atoms with Gasteiger partial charge in [-0.2, -0.15) is 0 Å². The van der Waals surface area contributed by atoms with Crippen LogP contribution in [0.25, 0.3) is 0 Å². The van der Waals surface area contributed by atoms with Gasteiger partial charge >= 0.3 is 0 Å². The van der Waals surface area contributed by atoms with Crippen molar-refractivity contribution < 1.29 is 13.9 Å². The number of aromatic nitrogens is 1. The second-order valence-electron chi connectivity index (χ2n) is 2.57. The van der Waals surface area contributed by atoms with Crippen molar-refractivity contribution in [1.29, 1.82) is 0 Å². The molecule has 1 rings (SSSR count). The van der Waals surface area contributed by atoms with Gasteiger partial charge in [0.1, 0.15) is 4.60 Å². The van der Waals surface area contributed by atoms with Crippen molar-refractivity contribution in [3.05, 3.63) is 27.5 Å². The third-order valence-corrected chi connectivity index (χ3v) is 2.57. The Hall–Kier alpha value is -0.260. The van der Waals surface area contributed by atoms with E-state index in [1.165, 1.54) is 6.07 Å². The van der Waals surface area contributed by atoms with Crippen molar-refractivity contribution in [1.82, 2.24) is 4.98 Å². The smallest absolute Gasteiger partial charge is 0.266 e. The zero-order chi connectivity index (χ0) is 10.7. The molecule has 0 atom stereocenters. The van der Waals surface area contributed by atoms with Crippen molar-refractivity contribution in [3.63, 3.8) is 0 Å². The fourth-order valence-corrected chi connectivity index (χ4v) is 1.93. The summed E-state index contributed by atoms with van der Waals surface area (Å²) in [7, 11) is 0. The summed E-state index contributed by atoms with van der Waals surface area (Å²) < 4.78 is 25.1. The van der Waals surface area contributed by atoms with Crippen molar-refractivity contribution in [2.45, 2.75) is 18.9 Å². The van der Waals surface area contributed by atoms with Crippen molar-refractivity contribution in [2.24, 2.45) is 0 Å². The Kier molecular flexibility index (Phi) is 4.22. The maximum absolute atomic E-state index is 12.5. The predicted molar refractivity (Wildman–Crippen MR) is 52.4 cm³/mol. The zero-order valence-corrected chi connectivity index (χ0v) is 9.32. The maximum atomic E-state index is 12.5. The highest BCUT2D eigenvalue weighted by Gasteiger charge is 2.18. The van der Waals surface area contributed by atoms with Crippen LogP contribution in [0.3, 0.4) is 0 Å². The molecule has 1 N–H and O–H groups in total. The standard InChI is InChI=1S/C8H7BrClF2NO/c9-7-6(8(11)12)4(2-10)1-5(3-14)13-7/h1,8,14H,2-3H2. The second kappa shape index (κ2) is 5.00. The monoisotopic (exact) mass is 285 g/mol. The lowest BCUT2D eigenvalue weighted by Gasteiger charge is -2.09. The largest absolute Gasteiger partial charge is 0.390 e. The molecule has 1 aromatic heterocycles. The van der Waals surface area contributed by atoms with E-state index in [2.05, 4.69) is 20.9 Å². The maximum Gasteiger partial charge on any atom is 0.266 e. The summed E-state index contributed by atoms with van der Waals surface area (Å²) in [6.07, 6.45) is -2.63. The molecule has 6 heteroatoms. The number of nitrogens with zero attached hydrogens (tertiary/aromatic N) is 1. The molecule has 0 aliphatic heterocycles. The Morgan fingerprint density at radius 3 is 2.64 bits per heavy atom. The summed E-state index contributed by atoms with van der Waals surface area (Å²) >= 11 is 8.43. The lowest BCUT2D eigenvalue weighted by atomic mass is 10.1. The van der Waals surface area contributed by atoms with Gasteiger partial charge in [0.05, 0.1) is 17.9 Å². The molecule has 0 aromatic carbocycles. The number of aliphatic hydroxyl groups is 1. The average Bonchev–Trinajstić information content (AvgIpc) is 2.15. The third kappa shape index (κ3) is 2.40. The normalized spacial score (nSPS) is 11.0. The number of rotatable bonds is 3. The fraction of sp³-hybridized carbons (Fsp3) is 0.375. The molecule has 14 heavy (non-hydrogen) atoms. The first-order valence-electron chi connectivity index (χ1n) is 3.73. The van der Waals surface area contributed by atoms with Crippen LogP contribution in [0.15, 0.2) is 10.7 Å². The minimum atomic E-state index is -2.63. The van der Waals surface area contributed by atoms with Crippen molar-refractivity contribution in [2.75, 3.05) is 0 Å². The van der Waals surface area contributed by atoms with Gasteiger partial charge in [-0.1, -0.05) is 0 Å². The minimum Gasteiger partial charge on any atom is -0.390 e. The van der Waals surface area contributed by atoms with E-state index in [1.54, 1.807) is 0 Å². The molecule has 78 valence electrons. The fourth-order valence-electron chi connectivity index (χ4n) is 1.05. The van der Waals surface area contributed by atoms with Crippen LogP contribution in [-0.2, 0) is 12.5 Å². The lowest BCUT2D eigenvalue weighted by molar-refractivity contribution is 0.149. The van der Waals surface area contributed by atoms with Gasteiger partial charge in [-0.05, 0) is 27.6 Å². The third-order valence-electron chi connectivity index (χ3n) is 1.67. The first kappa shape index (κ1) is 11.8. The van der Waals surface area contributed by atoms with Crippen LogP contribution in [0, 0.1) is 0 Å². The number of hydrogen-bond donors (Lipinski definition) is 1. The van der Waals surface area contributed by atoms with Crippen molar-refractivity contribution in [3.8, 4) is 0 Å². The topological polar surface area (TPSA) is 33.1 Å². The highest BCUT2D eigenvalue weighted by molar-refractivity contribution is 9.10. The highest BCUT2D eigenvalue weighted by Crippen LogP contribution is 2.30. The molecule has 0 amide bonds. The van der Waals surface area contributed by atoms with Crippen LogP contribution in [0.5, 0.6) is 0 Å². The van der Waals surface area contributed by atoms with Gasteiger partial charge in [0.25, 0.3) is 6.43 Å². The van der Waals surface area contributed by atoms with Gasteiger partial charge in [-0.25, -0.2) is 13.8 Å². The van der Waals surface area contributed by atoms with Crippen LogP contribution in [0.2, 0.25) is 0 Å². The van der Waals surface area contributed by atoms with Gasteiger partial charge in [-0.15, -0.1) is 11.6 Å². The van der Waals surface area contributed by atoms with Crippen LogP contribution >= 0.6 is 27.5 Å². The molecule has 0 radical (unpaired) electrons. The number of hydrogen-bond acceptors (Lipinski definition) is 2. The van der Waals surface area contributed by atoms with E-state index < -0.39 is 6.43 Å². The van der Waals surface area contributed by atoms with Gasteiger partial charge in [0.2, 0.25) is 0 Å². The molecule has 0 fully saturated rings. The Bertz CT molecular complexity index is 335. The summed E-state index contributed by atoms with van der Waals surface area (Å²) in [5.74, 6) is -0.0339. The summed E-state index contributed by atoms with van der Waals surface area (Å²) in [5.41, 5.74) is 0.390. The molecular weight excluding hydrogens is 279 g/mol. The number of alkyl halides is 3. The van der Waals surface area contributed by atoms with E-state index in [1.807, 2.05) is 0 Å². The second-order valence-corrected chi connectivity index (χ2v) is 3.59. The van der Waals surface area contributed by atoms with Gasteiger partial charge < -0.3 is 5.11 Å². The number of halogens is 4. The number of pyridine rings is 1. The van der Waals surface area contributed by atoms with E-state index in [0.717, 1.165) is 0 Å². The van der Waals surface area contributed by atoms with Gasteiger partial charge in [-0.3, -0.25) is 0 Å². The summed E-state index contributed by atoms with van der Waals surface area (Å²) in [6, 6.07) is 1.37. The Balaban J connectivity index is 3.27. The summed E-state index contributed by atoms with van der Waals surface area (Å²) in [5, 5.41) is 8.80. The number of aliphatic hydroxyl groups excluding tert-OH is 1. The molecule has 0 saturated carbocycles. The molecule has 0 aliphatic carbocycles. The highest BCUT2D eigenvalue weighted by atomic mass is 79.9. The lowest BCUT2D eigenvalue weighted by Crippen LogP contribution is -2.00. The van der Waals surface area contributed by atoms with Crippen LogP contribution in [0.4, 0.5) is 8.78 Å². The molecule has 0 spiro atoms. The van der Waals surface area contributed by atoms with Gasteiger partial charge in [0.15, 0.2) is 0 Å². The quantitative estimate of drug-likeness (QED) is 0.684. The molecule has 1 heterocycles.